The number of hydrogen-bond donors (Lipinski definition) is 0. The van der Waals surface area contributed by atoms with Crippen LogP contribution < -0.4 is 37.9 Å². The molecule has 0 bridgehead atoms. The Bertz CT molecular complexity index is 3700. The summed E-state index contributed by atoms with van der Waals surface area (Å²) in [5.41, 5.74) is 4.59. The molecule has 10 aromatic carbocycles. The molecule has 0 amide bonds. The van der Waals surface area contributed by atoms with Crippen LogP contribution in [0.5, 0.6) is 46.0 Å². The number of carbonyl (C=O) groups is 1. The average Bonchev–Trinajstić information content (AvgIpc) is 3.74. The Kier molecular flexibility index (Phi) is 18.2. The average molecular weight is 1140 g/mol. The molecule has 1 heterocycles. The van der Waals surface area contributed by atoms with Gasteiger partial charge in [0.15, 0.2) is 29.1 Å². The number of esters is 1. The predicted molar refractivity (Wildman–Crippen MR) is 316 cm³/mol. The molecule has 0 aromatic heterocycles. The maximum atomic E-state index is 15.6. The third kappa shape index (κ3) is 15.1. The molecule has 1 aliphatic heterocycles. The second-order valence-electron chi connectivity index (χ2n) is 20.2. The zero-order valence-electron chi connectivity index (χ0n) is 46.2. The summed E-state index contributed by atoms with van der Waals surface area (Å²) in [6.45, 7) is 0.588. The summed E-state index contributed by atoms with van der Waals surface area (Å²) in [6.07, 6.45) is -7.73. The van der Waals surface area contributed by atoms with Gasteiger partial charge in [0.1, 0.15) is 69.6 Å². The molecule has 0 aliphatic carbocycles. The Morgan fingerprint density at radius 3 is 1.15 bits per heavy atom. The molecule has 0 unspecified atom stereocenters. The maximum Gasteiger partial charge on any atom is 0.417 e. The Hall–Kier alpha value is -10.1. The highest BCUT2D eigenvalue weighted by Gasteiger charge is 2.42. The fourth-order valence-corrected chi connectivity index (χ4v) is 9.68. The molecule has 428 valence electrons. The number of rotatable bonds is 24. The number of hydrogen-bond acceptors (Lipinski definition) is 10. The third-order valence-corrected chi connectivity index (χ3v) is 14.0. The molecule has 0 fully saturated rings. The van der Waals surface area contributed by atoms with E-state index in [1.807, 2.05) is 188 Å². The number of benzene rings is 10. The second-order valence-corrected chi connectivity index (χ2v) is 20.2. The van der Waals surface area contributed by atoms with Crippen molar-refractivity contribution in [3.8, 4) is 46.0 Å². The highest BCUT2D eigenvalue weighted by molar-refractivity contribution is 5.92. The molecule has 2 atom stereocenters. The zero-order chi connectivity index (χ0) is 58.2. The number of alkyl halides is 3. The van der Waals surface area contributed by atoms with Gasteiger partial charge in [-0.15, -0.1) is 0 Å². The minimum Gasteiger partial charge on any atom is -0.489 e. The lowest BCUT2D eigenvalue weighted by atomic mass is 9.93. The van der Waals surface area contributed by atoms with Gasteiger partial charge in [-0.2, -0.15) is 13.2 Å². The van der Waals surface area contributed by atoms with Crippen molar-refractivity contribution in [2.24, 2.45) is 0 Å². The lowest BCUT2D eigenvalue weighted by Crippen LogP contribution is -2.35. The lowest BCUT2D eigenvalue weighted by Gasteiger charge is -2.35. The highest BCUT2D eigenvalue weighted by Crippen LogP contribution is 2.49. The summed E-state index contributed by atoms with van der Waals surface area (Å²) in [7, 11) is 0. The third-order valence-electron chi connectivity index (χ3n) is 14.0. The van der Waals surface area contributed by atoms with Crippen molar-refractivity contribution in [3.05, 3.63) is 310 Å². The first-order valence-electron chi connectivity index (χ1n) is 27.8. The van der Waals surface area contributed by atoms with Crippen LogP contribution in [0.25, 0.3) is 0 Å². The van der Waals surface area contributed by atoms with Gasteiger partial charge in [-0.25, -0.2) is 4.79 Å². The minimum absolute atomic E-state index is 0.0467. The summed E-state index contributed by atoms with van der Waals surface area (Å²) < 4.78 is 106. The Morgan fingerprint density at radius 1 is 0.400 bits per heavy atom. The van der Waals surface area contributed by atoms with E-state index >= 15 is 18.0 Å². The summed E-state index contributed by atoms with van der Waals surface area (Å²) in [5.74, 6) is 0.263. The van der Waals surface area contributed by atoms with Crippen LogP contribution >= 0.6 is 0 Å². The van der Waals surface area contributed by atoms with Gasteiger partial charge in [0.2, 0.25) is 5.75 Å². The zero-order valence-corrected chi connectivity index (χ0v) is 46.2. The highest BCUT2D eigenvalue weighted by atomic mass is 19.4. The fraction of sp³-hybridized carbons (Fsp3) is 0.153. The van der Waals surface area contributed by atoms with Crippen molar-refractivity contribution in [1.82, 2.24) is 0 Å². The van der Waals surface area contributed by atoms with E-state index in [0.717, 1.165) is 45.5 Å². The van der Waals surface area contributed by atoms with E-state index in [2.05, 4.69) is 0 Å². The van der Waals surface area contributed by atoms with Crippen molar-refractivity contribution in [2.45, 2.75) is 71.1 Å². The van der Waals surface area contributed by atoms with E-state index < -0.39 is 35.5 Å². The van der Waals surface area contributed by atoms with Gasteiger partial charge in [-0.1, -0.05) is 212 Å². The molecule has 13 heteroatoms. The Morgan fingerprint density at radius 2 is 0.753 bits per heavy atom. The monoisotopic (exact) mass is 1140 g/mol. The molecule has 0 radical (unpaired) electrons. The van der Waals surface area contributed by atoms with Gasteiger partial charge in [-0.05, 0) is 63.2 Å². The van der Waals surface area contributed by atoms with Crippen molar-refractivity contribution in [2.75, 3.05) is 0 Å². The molecular formula is C72H59F3O10. The topological polar surface area (TPSA) is 100 Å². The molecule has 11 rings (SSSR count). The van der Waals surface area contributed by atoms with Crippen molar-refractivity contribution in [1.29, 1.82) is 0 Å². The SMILES string of the molecule is O=C(O[C@@H]1Cc2c(OCc3ccccc3)cc(OCc3ccccc3)cc2O[C@H]1c1cc(OCc2ccccc2)c(OCc2ccccc2)c(OCc2ccccc2)c1)c1cc(OCc2ccccc2)c(OCc2ccccc2)cc1C(F)(F)F. The van der Waals surface area contributed by atoms with Gasteiger partial charge in [-0.3, -0.25) is 0 Å². The summed E-state index contributed by atoms with van der Waals surface area (Å²) in [4.78, 5) is 15.2. The quantitative estimate of drug-likeness (QED) is 0.0544. The van der Waals surface area contributed by atoms with E-state index in [9.17, 15) is 0 Å². The van der Waals surface area contributed by atoms with Gasteiger partial charge in [0.25, 0.3) is 0 Å². The maximum absolute atomic E-state index is 15.6. The van der Waals surface area contributed by atoms with Crippen LogP contribution in [0.4, 0.5) is 13.2 Å². The number of fused-ring (bicyclic) bond motifs is 1. The molecule has 10 aromatic rings. The molecule has 10 nitrogen and oxygen atoms in total. The van der Waals surface area contributed by atoms with Gasteiger partial charge in [0, 0.05) is 29.7 Å². The standard InChI is InChI=1S/C72H59F3O10/c73-72(74,75)61-42-65(80-46-53-28-14-4-15-29-53)64(79-45-52-26-12-3-13-27-52)40-59(61)71(76)85-68-41-60-62(78-44-51-24-10-2-11-25-51)38-58(77-43-50-22-8-1-9-23-50)39-63(60)84-69(68)57-36-66(81-47-54-30-16-5-17-31-54)70(83-49-56-34-20-7-21-35-56)67(37-57)82-48-55-32-18-6-19-33-55/h1-40,42,68-69H,41,43-49H2/t68-,69+/m1/s1. The van der Waals surface area contributed by atoms with E-state index in [-0.39, 0.29) is 81.4 Å². The number of carbonyl (C=O) groups excluding carboxylic acids is 1. The Labute approximate surface area is 491 Å². The Balaban J connectivity index is 1.04. The van der Waals surface area contributed by atoms with E-state index in [0.29, 0.717) is 33.9 Å². The van der Waals surface area contributed by atoms with E-state index in [4.69, 9.17) is 42.6 Å². The van der Waals surface area contributed by atoms with Crippen LogP contribution in [0, 0.1) is 0 Å². The van der Waals surface area contributed by atoms with E-state index in [1.54, 1.807) is 48.5 Å². The largest absolute Gasteiger partial charge is 0.489 e. The molecule has 1 aliphatic rings. The fourth-order valence-electron chi connectivity index (χ4n) is 9.68. The first-order chi connectivity index (χ1) is 41.6. The van der Waals surface area contributed by atoms with Crippen LogP contribution in [-0.2, 0) is 63.6 Å². The summed E-state index contributed by atoms with van der Waals surface area (Å²) in [6, 6.07) is 75.0. The van der Waals surface area contributed by atoms with Crippen molar-refractivity contribution < 1.29 is 60.6 Å². The van der Waals surface area contributed by atoms with Crippen LogP contribution in [0.15, 0.2) is 249 Å². The van der Waals surface area contributed by atoms with Crippen LogP contribution in [-0.4, -0.2) is 12.1 Å². The number of halogens is 3. The molecule has 85 heavy (non-hydrogen) atoms. The molecule has 0 N–H and O–H groups in total. The molecule has 0 spiro atoms. The summed E-state index contributed by atoms with van der Waals surface area (Å²) >= 11 is 0. The smallest absolute Gasteiger partial charge is 0.417 e. The predicted octanol–water partition coefficient (Wildman–Crippen LogP) is 16.7. The van der Waals surface area contributed by atoms with Crippen LogP contribution in [0.3, 0.4) is 0 Å². The number of ether oxygens (including phenoxy) is 9. The lowest BCUT2D eigenvalue weighted by molar-refractivity contribution is -0.138. The molecule has 0 saturated carbocycles. The first kappa shape index (κ1) is 56.7. The normalized spacial score (nSPS) is 13.5. The van der Waals surface area contributed by atoms with Gasteiger partial charge < -0.3 is 42.6 Å². The molecular weight excluding hydrogens is 1080 g/mol. The van der Waals surface area contributed by atoms with Crippen molar-refractivity contribution >= 4 is 5.97 Å². The van der Waals surface area contributed by atoms with Crippen LogP contribution in [0.1, 0.15) is 72.1 Å². The summed E-state index contributed by atoms with van der Waals surface area (Å²) in [5, 5.41) is 0. The minimum atomic E-state index is -5.06. The van der Waals surface area contributed by atoms with E-state index in [1.165, 1.54) is 0 Å². The van der Waals surface area contributed by atoms with Gasteiger partial charge >= 0.3 is 12.1 Å². The second kappa shape index (κ2) is 27.3. The van der Waals surface area contributed by atoms with Crippen molar-refractivity contribution in [3.63, 3.8) is 0 Å². The molecule has 0 saturated heterocycles. The van der Waals surface area contributed by atoms with Gasteiger partial charge in [0.05, 0.1) is 11.1 Å². The van der Waals surface area contributed by atoms with Crippen LogP contribution in [0.2, 0.25) is 0 Å². The first-order valence-corrected chi connectivity index (χ1v) is 27.8.